The lowest BCUT2D eigenvalue weighted by molar-refractivity contribution is -0.134. The minimum atomic E-state index is -0.0714. The molecule has 1 aliphatic rings. The fourth-order valence-corrected chi connectivity index (χ4v) is 3.65. The van der Waals surface area contributed by atoms with Crippen molar-refractivity contribution < 1.29 is 14.3 Å². The van der Waals surface area contributed by atoms with Gasteiger partial charge < -0.3 is 14.5 Å². The minimum absolute atomic E-state index is 0.00271. The molecule has 3 rings (SSSR count). The van der Waals surface area contributed by atoms with Gasteiger partial charge in [-0.1, -0.05) is 50.1 Å². The molecule has 2 aromatic carbocycles. The zero-order valence-corrected chi connectivity index (χ0v) is 18.8. The number of piperazine rings is 1. The molecule has 0 saturated carbocycles. The van der Waals surface area contributed by atoms with E-state index in [1.165, 1.54) is 5.56 Å². The topological polar surface area (TPSA) is 49.9 Å². The smallest absolute Gasteiger partial charge is 0.260 e. The largest absolute Gasteiger partial charge is 0.483 e. The van der Waals surface area contributed by atoms with Crippen molar-refractivity contribution in [1.29, 1.82) is 0 Å². The number of nitrogens with zero attached hydrogens (tertiary/aromatic N) is 2. The predicted molar refractivity (Wildman–Crippen MR) is 119 cm³/mol. The van der Waals surface area contributed by atoms with E-state index in [4.69, 9.17) is 16.3 Å². The Bertz CT molecular complexity index is 911. The maximum atomic E-state index is 12.7. The second-order valence-electron chi connectivity index (χ2n) is 8.72. The fraction of sp³-hybridized carbons (Fsp3) is 0.417. The Hall–Kier alpha value is -2.53. The molecule has 0 bridgehead atoms. The number of carbonyl (C=O) groups excluding carboxylic acids is 2. The van der Waals surface area contributed by atoms with Crippen LogP contribution in [0.5, 0.6) is 5.75 Å². The first kappa shape index (κ1) is 22.2. The van der Waals surface area contributed by atoms with Crippen LogP contribution < -0.4 is 4.74 Å². The van der Waals surface area contributed by atoms with Crippen molar-refractivity contribution in [3.05, 3.63) is 64.2 Å². The molecule has 160 valence electrons. The van der Waals surface area contributed by atoms with Gasteiger partial charge in [-0.2, -0.15) is 0 Å². The van der Waals surface area contributed by atoms with Crippen molar-refractivity contribution in [1.82, 2.24) is 9.80 Å². The van der Waals surface area contributed by atoms with Gasteiger partial charge in [-0.15, -0.1) is 0 Å². The van der Waals surface area contributed by atoms with Crippen LogP contribution in [0.2, 0.25) is 5.02 Å². The van der Waals surface area contributed by atoms with Gasteiger partial charge >= 0.3 is 0 Å². The molecule has 30 heavy (non-hydrogen) atoms. The highest BCUT2D eigenvalue weighted by atomic mass is 35.5. The normalized spacial score (nSPS) is 14.6. The lowest BCUT2D eigenvalue weighted by Gasteiger charge is -2.35. The summed E-state index contributed by atoms with van der Waals surface area (Å²) in [5.41, 5.74) is 2.79. The average molecular weight is 429 g/mol. The number of benzene rings is 2. The number of amides is 2. The van der Waals surface area contributed by atoms with Crippen molar-refractivity contribution >= 4 is 23.4 Å². The van der Waals surface area contributed by atoms with E-state index in [-0.39, 0.29) is 23.8 Å². The van der Waals surface area contributed by atoms with Gasteiger partial charge in [-0.05, 0) is 48.2 Å². The van der Waals surface area contributed by atoms with Crippen LogP contribution in [0.15, 0.2) is 42.5 Å². The summed E-state index contributed by atoms with van der Waals surface area (Å²) in [6.07, 6.45) is 0. The summed E-state index contributed by atoms with van der Waals surface area (Å²) in [5.74, 6) is 0.650. The van der Waals surface area contributed by atoms with E-state index >= 15 is 0 Å². The Morgan fingerprint density at radius 3 is 2.17 bits per heavy atom. The number of rotatable bonds is 4. The van der Waals surface area contributed by atoms with Gasteiger partial charge in [0, 0.05) is 36.8 Å². The van der Waals surface area contributed by atoms with E-state index < -0.39 is 0 Å². The fourth-order valence-electron chi connectivity index (χ4n) is 3.52. The molecule has 0 N–H and O–H groups in total. The molecule has 1 fully saturated rings. The van der Waals surface area contributed by atoms with Crippen LogP contribution in [0.3, 0.4) is 0 Å². The first-order chi connectivity index (χ1) is 14.1. The number of hydrogen-bond donors (Lipinski definition) is 0. The molecular formula is C24H29ClN2O3. The van der Waals surface area contributed by atoms with Gasteiger partial charge in [-0.3, -0.25) is 9.59 Å². The number of hydrogen-bond acceptors (Lipinski definition) is 3. The third kappa shape index (κ3) is 5.33. The van der Waals surface area contributed by atoms with Crippen LogP contribution in [0.25, 0.3) is 0 Å². The van der Waals surface area contributed by atoms with E-state index in [1.54, 1.807) is 34.1 Å². The number of halogens is 1. The van der Waals surface area contributed by atoms with E-state index in [0.29, 0.717) is 36.8 Å². The van der Waals surface area contributed by atoms with Crippen molar-refractivity contribution in [2.75, 3.05) is 32.8 Å². The van der Waals surface area contributed by atoms with Gasteiger partial charge in [0.15, 0.2) is 6.61 Å². The Balaban J connectivity index is 1.55. The van der Waals surface area contributed by atoms with Crippen LogP contribution >= 0.6 is 11.6 Å². The third-order valence-electron chi connectivity index (χ3n) is 5.30. The van der Waals surface area contributed by atoms with Crippen LogP contribution in [0, 0.1) is 6.92 Å². The molecule has 0 unspecified atom stereocenters. The molecule has 5 nitrogen and oxygen atoms in total. The third-order valence-corrected chi connectivity index (χ3v) is 5.56. The van der Waals surface area contributed by atoms with Crippen LogP contribution in [-0.2, 0) is 10.2 Å². The SMILES string of the molecule is Cc1ccc(OCC(=O)N2CCN(C(=O)c3ccc(Cl)cc3)CC2)c(C(C)(C)C)c1. The highest BCUT2D eigenvalue weighted by Gasteiger charge is 2.26. The minimum Gasteiger partial charge on any atom is -0.483 e. The van der Waals surface area contributed by atoms with E-state index in [9.17, 15) is 9.59 Å². The first-order valence-electron chi connectivity index (χ1n) is 10.2. The molecule has 6 heteroatoms. The molecule has 0 atom stereocenters. The first-order valence-corrected chi connectivity index (χ1v) is 10.6. The summed E-state index contributed by atoms with van der Waals surface area (Å²) in [5, 5.41) is 0.602. The Kier molecular flexibility index (Phi) is 6.71. The number of ether oxygens (including phenoxy) is 1. The summed E-state index contributed by atoms with van der Waals surface area (Å²) >= 11 is 5.89. The summed E-state index contributed by atoms with van der Waals surface area (Å²) in [4.78, 5) is 28.8. The zero-order valence-electron chi connectivity index (χ0n) is 18.1. The van der Waals surface area contributed by atoms with Crippen molar-refractivity contribution in [3.8, 4) is 5.75 Å². The van der Waals surface area contributed by atoms with Crippen molar-refractivity contribution in [2.45, 2.75) is 33.1 Å². The van der Waals surface area contributed by atoms with Crippen LogP contribution in [-0.4, -0.2) is 54.4 Å². The zero-order chi connectivity index (χ0) is 21.9. The van der Waals surface area contributed by atoms with Gasteiger partial charge in [0.1, 0.15) is 5.75 Å². The Labute approximate surface area is 183 Å². The summed E-state index contributed by atoms with van der Waals surface area (Å²) in [6, 6.07) is 12.9. The molecular weight excluding hydrogens is 400 g/mol. The quantitative estimate of drug-likeness (QED) is 0.729. The molecule has 0 aromatic heterocycles. The highest BCUT2D eigenvalue weighted by molar-refractivity contribution is 6.30. The molecule has 1 aliphatic heterocycles. The molecule has 0 aliphatic carbocycles. The summed E-state index contributed by atoms with van der Waals surface area (Å²) in [7, 11) is 0. The lowest BCUT2D eigenvalue weighted by Crippen LogP contribution is -2.51. The monoisotopic (exact) mass is 428 g/mol. The highest BCUT2D eigenvalue weighted by Crippen LogP contribution is 2.32. The van der Waals surface area contributed by atoms with Crippen molar-refractivity contribution in [2.24, 2.45) is 0 Å². The molecule has 2 aromatic rings. The number of aryl methyl sites for hydroxylation is 1. The van der Waals surface area contributed by atoms with E-state index in [2.05, 4.69) is 33.8 Å². The number of carbonyl (C=O) groups is 2. The maximum absolute atomic E-state index is 12.7. The second-order valence-corrected chi connectivity index (χ2v) is 9.15. The van der Waals surface area contributed by atoms with Crippen molar-refractivity contribution in [3.63, 3.8) is 0 Å². The van der Waals surface area contributed by atoms with Gasteiger partial charge in [-0.25, -0.2) is 0 Å². The molecule has 0 spiro atoms. The maximum Gasteiger partial charge on any atom is 0.260 e. The summed E-state index contributed by atoms with van der Waals surface area (Å²) in [6.45, 7) is 10.5. The van der Waals surface area contributed by atoms with E-state index in [1.807, 2.05) is 12.1 Å². The lowest BCUT2D eigenvalue weighted by atomic mass is 9.85. The predicted octanol–water partition coefficient (Wildman–Crippen LogP) is 4.31. The molecule has 0 radical (unpaired) electrons. The Morgan fingerprint density at radius 2 is 1.57 bits per heavy atom. The standard InChI is InChI=1S/C24H29ClN2O3/c1-17-5-10-21(20(15-17)24(2,3)4)30-16-22(28)26-11-13-27(14-12-26)23(29)18-6-8-19(25)9-7-18/h5-10,15H,11-14,16H2,1-4H3. The Morgan fingerprint density at radius 1 is 0.967 bits per heavy atom. The molecule has 1 heterocycles. The van der Waals surface area contributed by atoms with Gasteiger partial charge in [0.2, 0.25) is 0 Å². The second kappa shape index (κ2) is 9.09. The van der Waals surface area contributed by atoms with E-state index in [0.717, 1.165) is 11.3 Å². The van der Waals surface area contributed by atoms with Crippen LogP contribution in [0.4, 0.5) is 0 Å². The van der Waals surface area contributed by atoms with Gasteiger partial charge in [0.25, 0.3) is 11.8 Å². The molecule has 1 saturated heterocycles. The average Bonchev–Trinajstić information content (AvgIpc) is 2.72. The molecule has 2 amide bonds. The van der Waals surface area contributed by atoms with Crippen LogP contribution in [0.1, 0.15) is 42.3 Å². The van der Waals surface area contributed by atoms with Gasteiger partial charge in [0.05, 0.1) is 0 Å². The summed E-state index contributed by atoms with van der Waals surface area (Å²) < 4.78 is 5.90.